The lowest BCUT2D eigenvalue weighted by atomic mass is 9.63. The van der Waals surface area contributed by atoms with Gasteiger partial charge in [0.15, 0.2) is 0 Å². The van der Waals surface area contributed by atoms with Gasteiger partial charge < -0.3 is 14.5 Å². The van der Waals surface area contributed by atoms with Gasteiger partial charge in [0.2, 0.25) is 0 Å². The maximum atomic E-state index is 10.2. The van der Waals surface area contributed by atoms with Crippen LogP contribution >= 0.6 is 0 Å². The summed E-state index contributed by atoms with van der Waals surface area (Å²) in [6.45, 7) is 20.1. The van der Waals surface area contributed by atoms with Crippen molar-refractivity contribution in [3.63, 3.8) is 0 Å². The first-order valence-electron chi connectivity index (χ1n) is 31.0. The van der Waals surface area contributed by atoms with Gasteiger partial charge in [0, 0.05) is 54.2 Å². The standard InChI is InChI=1S/C71H70N4O/c1-68(2,3)44-50-41-66(72-45-59(50)47-21-12-11-13-22-47)75-62-30-15-14-27-57(62)58-35-34-54(43-65(58)75)76-53-26-19-25-52(42-53)73-46-74(64-32-17-16-31-63(64)73)67-55(48-23-18-24-51(39-48)69(4,5)6)28-20-29-56(67)49-33-36-60-61(40-49)71(9,10)38-37-70(60,7)8/h11-36,39-43,45H,37-38,44,46H2,1-10H3/i18D,23D,24D,33D,36D,39D,40D,44D2. The summed E-state index contributed by atoms with van der Waals surface area (Å²) in [4.78, 5) is 9.33. The summed E-state index contributed by atoms with van der Waals surface area (Å²) in [6.07, 6.45) is 1.66. The van der Waals surface area contributed by atoms with Crippen LogP contribution in [0.1, 0.15) is 117 Å². The molecule has 8 aromatic carbocycles. The van der Waals surface area contributed by atoms with E-state index in [9.17, 15) is 11.0 Å². The van der Waals surface area contributed by atoms with Crippen LogP contribution in [0.5, 0.6) is 11.5 Å². The van der Waals surface area contributed by atoms with Crippen molar-refractivity contribution >= 4 is 44.6 Å². The molecule has 76 heavy (non-hydrogen) atoms. The van der Waals surface area contributed by atoms with Crippen molar-refractivity contribution in [3.8, 4) is 50.7 Å². The monoisotopic (exact) mass is 1000 g/mol. The van der Waals surface area contributed by atoms with Gasteiger partial charge in [-0.1, -0.05) is 196 Å². The van der Waals surface area contributed by atoms with E-state index < -0.39 is 28.0 Å². The zero-order valence-electron chi connectivity index (χ0n) is 54.3. The fourth-order valence-electron chi connectivity index (χ4n) is 11.2. The zero-order valence-corrected chi connectivity index (χ0v) is 45.3. The van der Waals surface area contributed by atoms with Gasteiger partial charge >= 0.3 is 0 Å². The number of hydrogen-bond acceptors (Lipinski definition) is 4. The molecule has 0 saturated heterocycles. The Bertz CT molecular complexity index is 4360. The molecule has 0 spiro atoms. The average molecular weight is 1000 g/mol. The molecule has 12 rings (SSSR count). The Kier molecular flexibility index (Phi) is 9.59. The van der Waals surface area contributed by atoms with Crippen LogP contribution in [0.25, 0.3) is 61.0 Å². The molecule has 3 heterocycles. The first kappa shape index (κ1) is 39.5. The molecule has 10 aromatic rings. The lowest BCUT2D eigenvalue weighted by Crippen LogP contribution is -2.33. The predicted octanol–water partition coefficient (Wildman–Crippen LogP) is 19.5. The van der Waals surface area contributed by atoms with E-state index in [-0.39, 0.29) is 60.1 Å². The molecule has 0 bridgehead atoms. The van der Waals surface area contributed by atoms with Crippen LogP contribution in [0.15, 0.2) is 194 Å². The summed E-state index contributed by atoms with van der Waals surface area (Å²) in [5, 5.41) is 2.00. The number of pyridine rings is 1. The van der Waals surface area contributed by atoms with Crippen molar-refractivity contribution in [1.82, 2.24) is 9.55 Å². The fraction of sp³-hybridized carbons (Fsp3) is 0.254. The van der Waals surface area contributed by atoms with Gasteiger partial charge in [-0.15, -0.1) is 0 Å². The molecule has 0 fully saturated rings. The molecule has 380 valence electrons. The van der Waals surface area contributed by atoms with Gasteiger partial charge in [-0.2, -0.15) is 0 Å². The minimum absolute atomic E-state index is 0.0263. The zero-order chi connectivity index (χ0) is 60.6. The SMILES string of the molecule is [2H]c1c([2H])c(-c2cccc(-c3c([2H])c([2H])c4c(c3[2H])C(C)(C)CCC4(C)C)c2N2CN(c3cccc(Oc4ccc5c6ccccc6n(-c6cc(C([2H])([2H])C(C)(C)C)c(-c7ccccc7)cn6)c5c4)c3)c3ccccc32)c([2H])c(C(C)(C)C)c1[2H]. The molecule has 0 saturated carbocycles. The van der Waals surface area contributed by atoms with E-state index in [2.05, 4.69) is 60.3 Å². The smallest absolute Gasteiger partial charge is 0.137 e. The summed E-state index contributed by atoms with van der Waals surface area (Å²) in [5.74, 6) is 1.71. The highest BCUT2D eigenvalue weighted by molar-refractivity contribution is 6.09. The Labute approximate surface area is 463 Å². The molecule has 2 aromatic heterocycles. The van der Waals surface area contributed by atoms with Gasteiger partial charge in [-0.3, -0.25) is 4.57 Å². The highest BCUT2D eigenvalue weighted by atomic mass is 16.5. The maximum Gasteiger partial charge on any atom is 0.137 e. The van der Waals surface area contributed by atoms with Crippen molar-refractivity contribution in [3.05, 3.63) is 216 Å². The first-order valence-corrected chi connectivity index (χ1v) is 26.5. The third-order valence-electron chi connectivity index (χ3n) is 15.2. The third kappa shape index (κ3) is 8.93. The molecule has 0 unspecified atom stereocenters. The van der Waals surface area contributed by atoms with E-state index in [0.717, 1.165) is 74.0 Å². The highest BCUT2D eigenvalue weighted by Crippen LogP contribution is 2.53. The van der Waals surface area contributed by atoms with Crippen LogP contribution in [0, 0.1) is 5.41 Å². The second kappa shape index (κ2) is 18.4. The number of para-hydroxylation sites is 4. The Morgan fingerprint density at radius 2 is 1.24 bits per heavy atom. The molecule has 1 aliphatic carbocycles. The van der Waals surface area contributed by atoms with Gasteiger partial charge in [0.05, 0.1) is 37.7 Å². The Morgan fingerprint density at radius 3 is 1.99 bits per heavy atom. The van der Waals surface area contributed by atoms with Crippen molar-refractivity contribution < 1.29 is 17.1 Å². The molecule has 0 N–H and O–H groups in total. The van der Waals surface area contributed by atoms with Crippen molar-refractivity contribution in [2.45, 2.75) is 105 Å². The number of benzene rings is 8. The van der Waals surface area contributed by atoms with E-state index in [1.807, 2.05) is 169 Å². The van der Waals surface area contributed by atoms with Crippen LogP contribution in [0.2, 0.25) is 0 Å². The Hall–Kier alpha value is -7.89. The summed E-state index contributed by atoms with van der Waals surface area (Å²) in [5.41, 5.74) is 7.72. The van der Waals surface area contributed by atoms with Crippen LogP contribution in [0.3, 0.4) is 0 Å². The van der Waals surface area contributed by atoms with Gasteiger partial charge in [-0.05, 0) is 128 Å². The van der Waals surface area contributed by atoms with E-state index in [1.165, 1.54) is 0 Å². The van der Waals surface area contributed by atoms with E-state index in [1.54, 1.807) is 6.20 Å². The number of hydrogen-bond donors (Lipinski definition) is 0. The lowest BCUT2D eigenvalue weighted by molar-refractivity contribution is 0.332. The molecule has 0 radical (unpaired) electrons. The Morgan fingerprint density at radius 1 is 0.579 bits per heavy atom. The second-order valence-corrected chi connectivity index (χ2v) is 23.9. The normalized spacial score (nSPS) is 16.9. The molecule has 5 nitrogen and oxygen atoms in total. The van der Waals surface area contributed by atoms with Crippen molar-refractivity contribution in [2.75, 3.05) is 16.5 Å². The summed E-state index contributed by atoms with van der Waals surface area (Å²) < 4.78 is 95.6. The molecule has 2 aliphatic rings. The Balaban J connectivity index is 0.993. The minimum atomic E-state index is -1.74. The molecular formula is C71H70N4O. The lowest BCUT2D eigenvalue weighted by Gasteiger charge is -2.42. The second-order valence-electron chi connectivity index (χ2n) is 23.9. The molecule has 5 heteroatoms. The largest absolute Gasteiger partial charge is 0.457 e. The number of aromatic nitrogens is 2. The van der Waals surface area contributed by atoms with E-state index in [4.69, 9.17) is 11.1 Å². The summed E-state index contributed by atoms with van der Waals surface area (Å²) in [6, 6.07) is 46.8. The number of ether oxygens (including phenoxy) is 1. The number of anilines is 4. The van der Waals surface area contributed by atoms with E-state index >= 15 is 0 Å². The van der Waals surface area contributed by atoms with Gasteiger partial charge in [0.25, 0.3) is 0 Å². The number of nitrogens with zero attached hydrogens (tertiary/aromatic N) is 4. The number of fused-ring (bicyclic) bond motifs is 5. The maximum absolute atomic E-state index is 10.2. The highest BCUT2D eigenvalue weighted by Gasteiger charge is 2.38. The topological polar surface area (TPSA) is 33.5 Å². The fourth-order valence-corrected chi connectivity index (χ4v) is 11.2. The van der Waals surface area contributed by atoms with Crippen LogP contribution in [-0.4, -0.2) is 16.2 Å². The third-order valence-corrected chi connectivity index (χ3v) is 15.2. The molecule has 1 aliphatic heterocycles. The minimum Gasteiger partial charge on any atom is -0.457 e. The average Bonchev–Trinajstić information content (AvgIpc) is 1.59. The predicted molar refractivity (Wildman–Crippen MR) is 321 cm³/mol. The van der Waals surface area contributed by atoms with E-state index in [0.29, 0.717) is 45.3 Å². The summed E-state index contributed by atoms with van der Waals surface area (Å²) >= 11 is 0. The molecular weight excluding hydrogens is 925 g/mol. The van der Waals surface area contributed by atoms with Crippen LogP contribution in [0.4, 0.5) is 22.7 Å². The quantitative estimate of drug-likeness (QED) is 0.144. The molecule has 0 atom stereocenters. The molecule has 0 amide bonds. The first-order chi connectivity index (χ1) is 40.1. The van der Waals surface area contributed by atoms with Crippen molar-refractivity contribution in [1.29, 1.82) is 0 Å². The number of rotatable bonds is 9. The van der Waals surface area contributed by atoms with Crippen molar-refractivity contribution in [2.24, 2.45) is 5.41 Å². The van der Waals surface area contributed by atoms with Crippen LogP contribution in [-0.2, 0) is 22.6 Å². The van der Waals surface area contributed by atoms with Crippen LogP contribution < -0.4 is 14.5 Å². The van der Waals surface area contributed by atoms with Gasteiger partial charge in [0.1, 0.15) is 24.0 Å². The summed E-state index contributed by atoms with van der Waals surface area (Å²) in [7, 11) is 0. The van der Waals surface area contributed by atoms with Gasteiger partial charge in [-0.25, -0.2) is 4.98 Å².